The molecule has 0 unspecified atom stereocenters. The topological polar surface area (TPSA) is 137 Å². The second kappa shape index (κ2) is 12.8. The molecule has 0 heterocycles. The molecule has 0 radical (unpaired) electrons. The average Bonchev–Trinajstić information content (AvgIpc) is 2.90. The van der Waals surface area contributed by atoms with Crippen LogP contribution in [0, 0.1) is 0 Å². The Morgan fingerprint density at radius 1 is 0.737 bits per heavy atom. The number of rotatable bonds is 10. The predicted octanol–water partition coefficient (Wildman–Crippen LogP) is 4.48. The Morgan fingerprint density at radius 2 is 1.24 bits per heavy atom. The average molecular weight is 562 g/mol. The second-order valence-corrected chi connectivity index (χ2v) is 8.43. The lowest BCUT2D eigenvalue weighted by atomic mass is 10.1. The molecule has 10 nitrogen and oxygen atoms in total. The van der Waals surface area contributed by atoms with Gasteiger partial charge in [-0.05, 0) is 60.7 Å². The van der Waals surface area contributed by atoms with Crippen LogP contribution in [-0.4, -0.2) is 55.3 Å². The smallest absolute Gasteiger partial charge is 0.349 e. The monoisotopic (exact) mass is 561 g/mol. The lowest BCUT2D eigenvalue weighted by Gasteiger charge is -2.24. The van der Waals surface area contributed by atoms with Crippen LogP contribution in [0.5, 0.6) is 11.5 Å². The number of hydrogen-bond donors (Lipinski definition) is 2. The molecule has 0 saturated carbocycles. The van der Waals surface area contributed by atoms with Gasteiger partial charge >= 0.3 is 17.9 Å². The molecule has 38 heavy (non-hydrogen) atoms. The number of benzene rings is 3. The van der Waals surface area contributed by atoms with Gasteiger partial charge in [0.15, 0.2) is 0 Å². The van der Waals surface area contributed by atoms with Gasteiger partial charge in [-0.25, -0.2) is 14.4 Å². The normalized spacial score (nSPS) is 12.0. The Balaban J connectivity index is 1.96. The first-order chi connectivity index (χ1) is 18.1. The van der Waals surface area contributed by atoms with E-state index in [1.54, 1.807) is 6.07 Å². The van der Waals surface area contributed by atoms with Gasteiger partial charge < -0.3 is 29.4 Å². The lowest BCUT2D eigenvalue weighted by molar-refractivity contribution is -0.157. The summed E-state index contributed by atoms with van der Waals surface area (Å²) in [6.45, 7) is 0. The predicted molar refractivity (Wildman–Crippen MR) is 137 cm³/mol. The van der Waals surface area contributed by atoms with Crippen molar-refractivity contribution in [3.05, 3.63) is 87.9 Å². The Hall–Kier alpha value is -4.28. The first-order valence-corrected chi connectivity index (χ1v) is 11.6. The van der Waals surface area contributed by atoms with Crippen molar-refractivity contribution in [3.63, 3.8) is 0 Å². The molecule has 0 aliphatic carbocycles. The summed E-state index contributed by atoms with van der Waals surface area (Å²) in [5.41, 5.74) is 0.00943. The molecule has 3 rings (SSSR count). The van der Waals surface area contributed by atoms with Gasteiger partial charge in [0.05, 0.1) is 31.0 Å². The molecule has 198 valence electrons. The number of nitrogens with one attached hydrogen (secondary N) is 1. The number of amides is 1. The molecule has 1 amide bonds. The molecular formula is C26H21Cl2NO9. The van der Waals surface area contributed by atoms with Crippen LogP contribution < -0.4 is 14.8 Å². The fourth-order valence-electron chi connectivity index (χ4n) is 3.15. The number of esters is 2. The van der Waals surface area contributed by atoms with Crippen LogP contribution in [0.3, 0.4) is 0 Å². The highest BCUT2D eigenvalue weighted by atomic mass is 35.5. The van der Waals surface area contributed by atoms with Crippen molar-refractivity contribution in [2.45, 2.75) is 12.2 Å². The van der Waals surface area contributed by atoms with Crippen LogP contribution in [0.15, 0.2) is 66.7 Å². The number of aliphatic carboxylic acids is 1. The minimum Gasteiger partial charge on any atom is -0.497 e. The molecule has 0 aliphatic rings. The number of carbonyl (C=O) groups is 4. The molecule has 12 heteroatoms. The van der Waals surface area contributed by atoms with E-state index in [0.717, 1.165) is 0 Å². The first kappa shape index (κ1) is 28.3. The van der Waals surface area contributed by atoms with Gasteiger partial charge in [0, 0.05) is 16.1 Å². The maximum atomic E-state index is 13.3. The lowest BCUT2D eigenvalue weighted by Crippen LogP contribution is -2.48. The molecular weight excluding hydrogens is 541 g/mol. The summed E-state index contributed by atoms with van der Waals surface area (Å²) in [6, 6.07) is 15.3. The van der Waals surface area contributed by atoms with E-state index < -0.39 is 36.0 Å². The summed E-state index contributed by atoms with van der Waals surface area (Å²) in [7, 11) is 2.75. The number of halogens is 2. The van der Waals surface area contributed by atoms with Crippen LogP contribution >= 0.6 is 23.2 Å². The Bertz CT molecular complexity index is 1330. The number of carbonyl (C=O) groups excluding carboxylic acids is 3. The third-order valence-electron chi connectivity index (χ3n) is 5.07. The number of ether oxygens (including phenoxy) is 4. The van der Waals surface area contributed by atoms with E-state index in [9.17, 15) is 24.3 Å². The largest absolute Gasteiger partial charge is 0.497 e. The fraction of sp³-hybridized carbons (Fsp3) is 0.154. The molecule has 0 saturated heterocycles. The maximum absolute atomic E-state index is 13.3. The summed E-state index contributed by atoms with van der Waals surface area (Å²) in [5.74, 6) is -4.46. The third kappa shape index (κ3) is 7.15. The van der Waals surface area contributed by atoms with Gasteiger partial charge in [-0.3, -0.25) is 4.79 Å². The van der Waals surface area contributed by atoms with Crippen LogP contribution in [0.25, 0.3) is 0 Å². The summed E-state index contributed by atoms with van der Waals surface area (Å²) in [6.07, 6.45) is -4.35. The van der Waals surface area contributed by atoms with Crippen molar-refractivity contribution in [2.75, 3.05) is 19.5 Å². The SMILES string of the molecule is COc1ccc(OC)c(NC(=O)[C@@H](OC(=O)c2ccc(Cl)cc2)[C@H](OC(=O)c2ccc(Cl)cc2)C(=O)O)c1. The van der Waals surface area contributed by atoms with E-state index in [1.807, 2.05) is 0 Å². The van der Waals surface area contributed by atoms with E-state index in [0.29, 0.717) is 15.8 Å². The first-order valence-electron chi connectivity index (χ1n) is 10.8. The van der Waals surface area contributed by atoms with Crippen molar-refractivity contribution >= 4 is 52.7 Å². The number of hydrogen-bond acceptors (Lipinski definition) is 8. The maximum Gasteiger partial charge on any atom is 0.349 e. The molecule has 3 aromatic rings. The number of carboxylic acids is 1. The second-order valence-electron chi connectivity index (χ2n) is 7.56. The van der Waals surface area contributed by atoms with Crippen LogP contribution in [0.1, 0.15) is 20.7 Å². The Kier molecular flexibility index (Phi) is 9.53. The van der Waals surface area contributed by atoms with E-state index in [-0.39, 0.29) is 22.6 Å². The van der Waals surface area contributed by atoms with Crippen molar-refractivity contribution in [1.29, 1.82) is 0 Å². The summed E-state index contributed by atoms with van der Waals surface area (Å²) in [5, 5.41) is 13.0. The zero-order chi connectivity index (χ0) is 27.8. The molecule has 3 aromatic carbocycles. The highest BCUT2D eigenvalue weighted by molar-refractivity contribution is 6.31. The molecule has 2 atom stereocenters. The zero-order valence-electron chi connectivity index (χ0n) is 20.0. The standard InChI is InChI=1S/C26H21Cl2NO9/c1-35-18-11-12-20(36-2)19(13-18)29-23(30)21(37-25(33)14-3-7-16(27)8-4-14)22(24(31)32)38-26(34)15-5-9-17(28)10-6-15/h3-13,21-22H,1-2H3,(H,29,30)(H,31,32)/t21-,22-/m0/s1. The van der Waals surface area contributed by atoms with Gasteiger partial charge in [-0.2, -0.15) is 0 Å². The van der Waals surface area contributed by atoms with Gasteiger partial charge in [0.25, 0.3) is 5.91 Å². The van der Waals surface area contributed by atoms with E-state index in [4.69, 9.17) is 42.1 Å². The Labute approximate surface area is 227 Å². The number of anilines is 1. The van der Waals surface area contributed by atoms with Crippen LogP contribution in [0.2, 0.25) is 10.0 Å². The van der Waals surface area contributed by atoms with Crippen molar-refractivity contribution in [2.24, 2.45) is 0 Å². The van der Waals surface area contributed by atoms with Gasteiger partial charge in [-0.1, -0.05) is 23.2 Å². The van der Waals surface area contributed by atoms with Crippen molar-refractivity contribution in [3.8, 4) is 11.5 Å². The van der Waals surface area contributed by atoms with Crippen LogP contribution in [-0.2, 0) is 19.1 Å². The molecule has 0 aromatic heterocycles. The molecule has 0 aliphatic heterocycles. The summed E-state index contributed by atoms with van der Waals surface area (Å²) >= 11 is 11.7. The minimum absolute atomic E-state index is 0.0284. The molecule has 0 spiro atoms. The van der Waals surface area contributed by atoms with Crippen molar-refractivity contribution in [1.82, 2.24) is 0 Å². The fourth-order valence-corrected chi connectivity index (χ4v) is 3.40. The van der Waals surface area contributed by atoms with Gasteiger partial charge in [0.1, 0.15) is 11.5 Å². The van der Waals surface area contributed by atoms with Crippen LogP contribution in [0.4, 0.5) is 5.69 Å². The van der Waals surface area contributed by atoms with E-state index >= 15 is 0 Å². The summed E-state index contributed by atoms with van der Waals surface area (Å²) < 4.78 is 20.8. The molecule has 0 fully saturated rings. The summed E-state index contributed by atoms with van der Waals surface area (Å²) in [4.78, 5) is 51.0. The van der Waals surface area contributed by atoms with E-state index in [1.165, 1.54) is 74.9 Å². The molecule has 0 bridgehead atoms. The van der Waals surface area contributed by atoms with Crippen molar-refractivity contribution < 1.29 is 43.2 Å². The zero-order valence-corrected chi connectivity index (χ0v) is 21.5. The minimum atomic E-state index is -2.23. The number of carboxylic acid groups (broad SMARTS) is 1. The number of methoxy groups -OCH3 is 2. The van der Waals surface area contributed by atoms with E-state index in [2.05, 4.69) is 5.32 Å². The molecule has 2 N–H and O–H groups in total. The van der Waals surface area contributed by atoms with Gasteiger partial charge in [-0.15, -0.1) is 0 Å². The highest BCUT2D eigenvalue weighted by Crippen LogP contribution is 2.29. The highest BCUT2D eigenvalue weighted by Gasteiger charge is 2.41. The quantitative estimate of drug-likeness (QED) is 0.343. The van der Waals surface area contributed by atoms with Gasteiger partial charge in [0.2, 0.25) is 12.2 Å². The Morgan fingerprint density at radius 3 is 1.68 bits per heavy atom. The third-order valence-corrected chi connectivity index (χ3v) is 5.57.